The third kappa shape index (κ3) is 1.95. The number of nitrogens with zero attached hydrogens (tertiary/aromatic N) is 1. The predicted octanol–water partition coefficient (Wildman–Crippen LogP) is 0.575. The zero-order valence-corrected chi connectivity index (χ0v) is 7.58. The number of piperidine rings is 1. The smallest absolute Gasteiger partial charge is 0.226 e. The maximum atomic E-state index is 11.3. The maximum absolute atomic E-state index is 11.3. The van der Waals surface area contributed by atoms with Crippen molar-refractivity contribution in [3.63, 3.8) is 0 Å². The van der Waals surface area contributed by atoms with E-state index in [2.05, 4.69) is 0 Å². The van der Waals surface area contributed by atoms with Crippen LogP contribution in [0.3, 0.4) is 0 Å². The molecule has 0 aromatic heterocycles. The fourth-order valence-corrected chi connectivity index (χ4v) is 1.43. The van der Waals surface area contributed by atoms with Crippen molar-refractivity contribution in [3.8, 4) is 0 Å². The second-order valence-corrected chi connectivity index (χ2v) is 2.86. The number of carbonyl (C=O) groups is 1. The van der Waals surface area contributed by atoms with E-state index in [9.17, 15) is 4.79 Å². The summed E-state index contributed by atoms with van der Waals surface area (Å²) >= 11 is 0. The van der Waals surface area contributed by atoms with Gasteiger partial charge in [-0.3, -0.25) is 9.69 Å². The average molecular weight is 173 g/mol. The quantitative estimate of drug-likeness (QED) is 0.626. The van der Waals surface area contributed by atoms with E-state index in [1.165, 1.54) is 0 Å². The predicted molar refractivity (Wildman–Crippen MR) is 43.4 cm³/mol. The molecular weight excluding hydrogens is 158 g/mol. The molecule has 0 aromatic carbocycles. The van der Waals surface area contributed by atoms with Crippen molar-refractivity contribution in [2.45, 2.75) is 25.5 Å². The fourth-order valence-electron chi connectivity index (χ4n) is 1.43. The standard InChI is InChI=1S/C8H15NO3/c1-11-6-9-7(10)4-3-5-8(9)12-2/h8H,3-6H2,1-2H3. The van der Waals surface area contributed by atoms with Gasteiger partial charge in [0.05, 0.1) is 0 Å². The Labute approximate surface area is 72.4 Å². The second kappa shape index (κ2) is 4.42. The first kappa shape index (κ1) is 9.48. The minimum Gasteiger partial charge on any atom is -0.364 e. The molecule has 1 saturated heterocycles. The Bertz CT molecular complexity index is 160. The molecule has 1 unspecified atom stereocenters. The minimum atomic E-state index is -0.0915. The van der Waals surface area contributed by atoms with Gasteiger partial charge < -0.3 is 9.47 Å². The van der Waals surface area contributed by atoms with Crippen LogP contribution in [0, 0.1) is 0 Å². The Hall–Kier alpha value is -0.610. The molecule has 0 saturated carbocycles. The Kier molecular flexibility index (Phi) is 3.49. The van der Waals surface area contributed by atoms with Gasteiger partial charge in [-0.1, -0.05) is 0 Å². The molecular formula is C8H15NO3. The lowest BCUT2D eigenvalue weighted by atomic mass is 10.1. The summed E-state index contributed by atoms with van der Waals surface area (Å²) < 4.78 is 10.1. The summed E-state index contributed by atoms with van der Waals surface area (Å²) in [5.41, 5.74) is 0. The molecule has 1 aliphatic rings. The summed E-state index contributed by atoms with van der Waals surface area (Å²) in [7, 11) is 3.19. The van der Waals surface area contributed by atoms with Crippen LogP contribution in [0.15, 0.2) is 0 Å². The van der Waals surface area contributed by atoms with Crippen LogP contribution in [-0.2, 0) is 14.3 Å². The molecule has 4 nitrogen and oxygen atoms in total. The van der Waals surface area contributed by atoms with E-state index in [1.807, 2.05) is 0 Å². The molecule has 70 valence electrons. The molecule has 4 heteroatoms. The zero-order chi connectivity index (χ0) is 8.97. The Balaban J connectivity index is 2.53. The van der Waals surface area contributed by atoms with Gasteiger partial charge >= 0.3 is 0 Å². The molecule has 0 aliphatic carbocycles. The second-order valence-electron chi connectivity index (χ2n) is 2.86. The van der Waals surface area contributed by atoms with E-state index < -0.39 is 0 Å². The molecule has 1 atom stereocenters. The van der Waals surface area contributed by atoms with Crippen LogP contribution in [-0.4, -0.2) is 38.0 Å². The highest BCUT2D eigenvalue weighted by molar-refractivity contribution is 5.76. The van der Waals surface area contributed by atoms with E-state index >= 15 is 0 Å². The minimum absolute atomic E-state index is 0.0915. The topological polar surface area (TPSA) is 38.8 Å². The lowest BCUT2D eigenvalue weighted by Gasteiger charge is -2.33. The zero-order valence-electron chi connectivity index (χ0n) is 7.58. The number of methoxy groups -OCH3 is 2. The Morgan fingerprint density at radius 2 is 2.33 bits per heavy atom. The number of amides is 1. The van der Waals surface area contributed by atoms with E-state index in [0.717, 1.165) is 12.8 Å². The Morgan fingerprint density at radius 3 is 2.92 bits per heavy atom. The SMILES string of the molecule is COCN1C(=O)CCCC1OC. The van der Waals surface area contributed by atoms with Gasteiger partial charge in [0, 0.05) is 20.6 Å². The van der Waals surface area contributed by atoms with Crippen LogP contribution in [0.2, 0.25) is 0 Å². The largest absolute Gasteiger partial charge is 0.364 e. The summed E-state index contributed by atoms with van der Waals surface area (Å²) in [5.74, 6) is 0.120. The third-order valence-corrected chi connectivity index (χ3v) is 2.05. The summed E-state index contributed by atoms with van der Waals surface area (Å²) in [6, 6.07) is 0. The molecule has 0 radical (unpaired) electrons. The molecule has 1 amide bonds. The van der Waals surface area contributed by atoms with Gasteiger partial charge in [0.25, 0.3) is 0 Å². The summed E-state index contributed by atoms with van der Waals surface area (Å²) in [6.07, 6.45) is 2.35. The number of ether oxygens (including phenoxy) is 2. The number of carbonyl (C=O) groups excluding carboxylic acids is 1. The van der Waals surface area contributed by atoms with E-state index in [-0.39, 0.29) is 12.1 Å². The van der Waals surface area contributed by atoms with Crippen molar-refractivity contribution < 1.29 is 14.3 Å². The van der Waals surface area contributed by atoms with Crippen LogP contribution in [0.5, 0.6) is 0 Å². The average Bonchev–Trinajstić information content (AvgIpc) is 2.09. The van der Waals surface area contributed by atoms with Gasteiger partial charge in [-0.15, -0.1) is 0 Å². The van der Waals surface area contributed by atoms with Crippen LogP contribution >= 0.6 is 0 Å². The van der Waals surface area contributed by atoms with Gasteiger partial charge in [0.1, 0.15) is 13.0 Å². The molecule has 12 heavy (non-hydrogen) atoms. The van der Waals surface area contributed by atoms with E-state index in [1.54, 1.807) is 19.1 Å². The van der Waals surface area contributed by atoms with Gasteiger partial charge in [-0.25, -0.2) is 0 Å². The normalized spacial score (nSPS) is 24.7. The number of rotatable bonds is 3. The number of likely N-dealkylation sites (tertiary alicyclic amines) is 1. The van der Waals surface area contributed by atoms with E-state index in [0.29, 0.717) is 13.2 Å². The number of hydrogen-bond acceptors (Lipinski definition) is 3. The van der Waals surface area contributed by atoms with Crippen molar-refractivity contribution in [1.29, 1.82) is 0 Å². The highest BCUT2D eigenvalue weighted by atomic mass is 16.5. The van der Waals surface area contributed by atoms with Crippen molar-refractivity contribution >= 4 is 5.91 Å². The highest BCUT2D eigenvalue weighted by Crippen LogP contribution is 2.17. The number of hydrogen-bond donors (Lipinski definition) is 0. The molecule has 1 rings (SSSR count). The van der Waals surface area contributed by atoms with E-state index in [4.69, 9.17) is 9.47 Å². The van der Waals surface area contributed by atoms with Crippen LogP contribution < -0.4 is 0 Å². The van der Waals surface area contributed by atoms with Gasteiger partial charge in [0.2, 0.25) is 5.91 Å². The molecule has 0 spiro atoms. The van der Waals surface area contributed by atoms with Gasteiger partial charge in [0.15, 0.2) is 0 Å². The summed E-state index contributed by atoms with van der Waals surface area (Å²) in [5, 5.41) is 0. The van der Waals surface area contributed by atoms with Crippen LogP contribution in [0.25, 0.3) is 0 Å². The van der Waals surface area contributed by atoms with Crippen molar-refractivity contribution in [2.24, 2.45) is 0 Å². The molecule has 1 heterocycles. The first-order chi connectivity index (χ1) is 5.79. The third-order valence-electron chi connectivity index (χ3n) is 2.05. The molecule has 1 fully saturated rings. The van der Waals surface area contributed by atoms with Crippen molar-refractivity contribution in [3.05, 3.63) is 0 Å². The molecule has 0 bridgehead atoms. The van der Waals surface area contributed by atoms with Crippen LogP contribution in [0.1, 0.15) is 19.3 Å². The first-order valence-electron chi connectivity index (χ1n) is 4.10. The fraction of sp³-hybridized carbons (Fsp3) is 0.875. The maximum Gasteiger partial charge on any atom is 0.226 e. The summed E-state index contributed by atoms with van der Waals surface area (Å²) in [6.45, 7) is 0.331. The highest BCUT2D eigenvalue weighted by Gasteiger charge is 2.27. The van der Waals surface area contributed by atoms with Crippen molar-refractivity contribution in [1.82, 2.24) is 4.90 Å². The lowest BCUT2D eigenvalue weighted by molar-refractivity contribution is -0.160. The van der Waals surface area contributed by atoms with Crippen LogP contribution in [0.4, 0.5) is 0 Å². The summed E-state index contributed by atoms with van der Waals surface area (Å²) in [4.78, 5) is 12.9. The monoisotopic (exact) mass is 173 g/mol. The molecule has 0 aromatic rings. The first-order valence-corrected chi connectivity index (χ1v) is 4.10. The molecule has 0 N–H and O–H groups in total. The van der Waals surface area contributed by atoms with Gasteiger partial charge in [-0.05, 0) is 12.8 Å². The van der Waals surface area contributed by atoms with Crippen molar-refractivity contribution in [2.75, 3.05) is 21.0 Å². The Morgan fingerprint density at radius 1 is 1.58 bits per heavy atom. The van der Waals surface area contributed by atoms with Gasteiger partial charge in [-0.2, -0.15) is 0 Å². The molecule has 1 aliphatic heterocycles. The lowest BCUT2D eigenvalue weighted by Crippen LogP contribution is -2.45.